The number of ether oxygens (including phenoxy) is 1. The summed E-state index contributed by atoms with van der Waals surface area (Å²) in [5.41, 5.74) is -2.56. The lowest BCUT2D eigenvalue weighted by molar-refractivity contribution is -0.138. The van der Waals surface area contributed by atoms with E-state index < -0.39 is 52.5 Å². The van der Waals surface area contributed by atoms with Gasteiger partial charge in [0.05, 0.1) is 29.8 Å². The van der Waals surface area contributed by atoms with E-state index >= 15 is 0 Å². The second-order valence-electron chi connectivity index (χ2n) is 7.39. The number of methoxy groups -OCH3 is 1. The van der Waals surface area contributed by atoms with Crippen LogP contribution in [0.2, 0.25) is 5.02 Å². The van der Waals surface area contributed by atoms with E-state index in [1.165, 1.54) is 24.3 Å². The number of esters is 1. The molecular weight excluding hydrogens is 494 g/mol. The van der Waals surface area contributed by atoms with Crippen molar-refractivity contribution in [3.05, 3.63) is 93.0 Å². The number of hydrogen-bond acceptors (Lipinski definition) is 5. The Kier molecular flexibility index (Phi) is 6.20. The number of carbonyl (C=O) groups is 3. The molecule has 3 aromatic rings. The van der Waals surface area contributed by atoms with Crippen molar-refractivity contribution in [2.45, 2.75) is 12.2 Å². The van der Waals surface area contributed by atoms with Gasteiger partial charge in [0.25, 0.3) is 11.8 Å². The molecule has 1 unspecified atom stereocenters. The van der Waals surface area contributed by atoms with E-state index in [-0.39, 0.29) is 27.4 Å². The lowest BCUT2D eigenvalue weighted by Gasteiger charge is -2.19. The first-order valence-corrected chi connectivity index (χ1v) is 10.2. The predicted octanol–water partition coefficient (Wildman–Crippen LogP) is 4.76. The first-order chi connectivity index (χ1) is 16.5. The van der Waals surface area contributed by atoms with E-state index in [9.17, 15) is 31.9 Å². The molecule has 2 amide bonds. The molecule has 0 saturated heterocycles. The largest absolute Gasteiger partial charge is 0.465 e. The Bertz CT molecular complexity index is 1380. The van der Waals surface area contributed by atoms with Gasteiger partial charge in [0.1, 0.15) is 5.82 Å². The van der Waals surface area contributed by atoms with Crippen molar-refractivity contribution in [2.75, 3.05) is 12.4 Å². The van der Waals surface area contributed by atoms with Gasteiger partial charge in [-0.15, -0.1) is 0 Å². The van der Waals surface area contributed by atoms with Gasteiger partial charge in [-0.25, -0.2) is 9.18 Å². The van der Waals surface area contributed by atoms with Gasteiger partial charge in [0.2, 0.25) is 0 Å². The van der Waals surface area contributed by atoms with Crippen molar-refractivity contribution in [1.29, 1.82) is 0 Å². The van der Waals surface area contributed by atoms with Gasteiger partial charge in [0.15, 0.2) is 0 Å². The minimum atomic E-state index is -4.99. The van der Waals surface area contributed by atoms with Gasteiger partial charge in [-0.3, -0.25) is 14.6 Å². The second-order valence-corrected chi connectivity index (χ2v) is 7.80. The SMILES string of the molecule is COC(=O)c1c(C(=O)Nc2cccc3c2C(c2cc(F)ccc2Cl)NC3=O)cncc1C(F)(F)F. The summed E-state index contributed by atoms with van der Waals surface area (Å²) in [6.45, 7) is 0. The minimum Gasteiger partial charge on any atom is -0.465 e. The third-order valence-corrected chi connectivity index (χ3v) is 5.66. The quantitative estimate of drug-likeness (QED) is 0.392. The molecule has 180 valence electrons. The maximum atomic E-state index is 13.9. The van der Waals surface area contributed by atoms with Gasteiger partial charge in [-0.05, 0) is 30.3 Å². The van der Waals surface area contributed by atoms with Crippen LogP contribution in [0.1, 0.15) is 53.8 Å². The molecule has 7 nitrogen and oxygen atoms in total. The topological polar surface area (TPSA) is 97.4 Å². The number of nitrogens with one attached hydrogen (secondary N) is 2. The summed E-state index contributed by atoms with van der Waals surface area (Å²) in [7, 11) is 0.874. The van der Waals surface area contributed by atoms with Crippen LogP contribution in [0.25, 0.3) is 0 Å². The zero-order valence-electron chi connectivity index (χ0n) is 17.7. The first-order valence-electron chi connectivity index (χ1n) is 9.86. The van der Waals surface area contributed by atoms with E-state index in [1.54, 1.807) is 0 Å². The maximum Gasteiger partial charge on any atom is 0.418 e. The average molecular weight is 508 g/mol. The van der Waals surface area contributed by atoms with Crippen molar-refractivity contribution in [3.8, 4) is 0 Å². The zero-order valence-corrected chi connectivity index (χ0v) is 18.4. The van der Waals surface area contributed by atoms with E-state index in [0.29, 0.717) is 6.20 Å². The van der Waals surface area contributed by atoms with Gasteiger partial charge >= 0.3 is 12.1 Å². The summed E-state index contributed by atoms with van der Waals surface area (Å²) in [6.07, 6.45) is -3.78. The Morgan fingerprint density at radius 1 is 1.17 bits per heavy atom. The molecule has 0 aliphatic carbocycles. The standard InChI is InChI=1S/C23H14ClF4N3O4/c1-35-22(34)17-13(8-29-9-14(17)23(26,27)28)21(33)30-16-4-2-3-11-18(16)19(31-20(11)32)12-7-10(25)5-6-15(12)24/h2-9,19H,1H3,(H,30,33)(H,31,32). The maximum absolute atomic E-state index is 13.9. The number of aromatic nitrogens is 1. The molecule has 2 aromatic carbocycles. The summed E-state index contributed by atoms with van der Waals surface area (Å²) in [6, 6.07) is 6.88. The molecule has 12 heteroatoms. The van der Waals surface area contributed by atoms with Crippen molar-refractivity contribution in [2.24, 2.45) is 0 Å². The van der Waals surface area contributed by atoms with Crippen LogP contribution in [0.3, 0.4) is 0 Å². The van der Waals surface area contributed by atoms with Crippen LogP contribution in [-0.2, 0) is 10.9 Å². The van der Waals surface area contributed by atoms with Crippen LogP contribution >= 0.6 is 11.6 Å². The fourth-order valence-electron chi connectivity index (χ4n) is 3.79. The van der Waals surface area contributed by atoms with Crippen molar-refractivity contribution in [1.82, 2.24) is 10.3 Å². The molecular formula is C23H14ClF4N3O4. The smallest absolute Gasteiger partial charge is 0.418 e. The highest BCUT2D eigenvalue weighted by Gasteiger charge is 2.39. The van der Waals surface area contributed by atoms with Crippen LogP contribution < -0.4 is 10.6 Å². The molecule has 1 atom stereocenters. The number of alkyl halides is 3. The number of anilines is 1. The van der Waals surface area contributed by atoms with Crippen LogP contribution in [0.4, 0.5) is 23.2 Å². The number of amides is 2. The molecule has 1 aromatic heterocycles. The summed E-state index contributed by atoms with van der Waals surface area (Å²) < 4.78 is 58.8. The van der Waals surface area contributed by atoms with Crippen molar-refractivity contribution < 1.29 is 36.7 Å². The number of carbonyl (C=O) groups excluding carboxylic acids is 3. The van der Waals surface area contributed by atoms with E-state index in [2.05, 4.69) is 20.4 Å². The molecule has 0 fully saturated rings. The second kappa shape index (κ2) is 8.99. The number of halogens is 5. The van der Waals surface area contributed by atoms with E-state index in [1.807, 2.05) is 0 Å². The van der Waals surface area contributed by atoms with Crippen molar-refractivity contribution in [3.63, 3.8) is 0 Å². The van der Waals surface area contributed by atoms with Gasteiger partial charge in [-0.1, -0.05) is 17.7 Å². The van der Waals surface area contributed by atoms with E-state index in [0.717, 1.165) is 25.4 Å². The Morgan fingerprint density at radius 2 is 1.91 bits per heavy atom. The monoisotopic (exact) mass is 507 g/mol. The number of hydrogen-bond donors (Lipinski definition) is 2. The normalized spacial score (nSPS) is 14.8. The highest BCUT2D eigenvalue weighted by Crippen LogP contribution is 2.39. The third kappa shape index (κ3) is 4.42. The Hall–Kier alpha value is -3.99. The molecule has 2 N–H and O–H groups in total. The van der Waals surface area contributed by atoms with Gasteiger partial charge in [0, 0.05) is 39.8 Å². The van der Waals surface area contributed by atoms with Gasteiger partial charge in [-0.2, -0.15) is 13.2 Å². The summed E-state index contributed by atoms with van der Waals surface area (Å²) >= 11 is 6.20. The molecule has 2 heterocycles. The molecule has 4 rings (SSSR count). The molecule has 0 radical (unpaired) electrons. The fourth-order valence-corrected chi connectivity index (χ4v) is 4.02. The Balaban J connectivity index is 1.80. The van der Waals surface area contributed by atoms with Crippen LogP contribution in [0, 0.1) is 5.82 Å². The first kappa shape index (κ1) is 24.1. The van der Waals surface area contributed by atoms with Gasteiger partial charge < -0.3 is 15.4 Å². The van der Waals surface area contributed by atoms with Crippen LogP contribution in [0.15, 0.2) is 48.8 Å². The van der Waals surface area contributed by atoms with E-state index in [4.69, 9.17) is 11.6 Å². The lowest BCUT2D eigenvalue weighted by Crippen LogP contribution is -2.23. The number of benzene rings is 2. The summed E-state index contributed by atoms with van der Waals surface area (Å²) in [4.78, 5) is 41.2. The van der Waals surface area contributed by atoms with Crippen molar-refractivity contribution >= 4 is 35.1 Å². The molecule has 1 aliphatic rings. The number of fused-ring (bicyclic) bond motifs is 1. The lowest BCUT2D eigenvalue weighted by atomic mass is 9.96. The zero-order chi connectivity index (χ0) is 25.5. The minimum absolute atomic E-state index is 0.0319. The average Bonchev–Trinajstić information content (AvgIpc) is 3.16. The highest BCUT2D eigenvalue weighted by atomic mass is 35.5. The number of nitrogens with zero attached hydrogens (tertiary/aromatic N) is 1. The highest BCUT2D eigenvalue weighted by molar-refractivity contribution is 6.31. The Labute approximate surface area is 200 Å². The Morgan fingerprint density at radius 3 is 2.60 bits per heavy atom. The molecule has 0 spiro atoms. The molecule has 35 heavy (non-hydrogen) atoms. The van der Waals surface area contributed by atoms with Crippen LogP contribution in [0.5, 0.6) is 0 Å². The number of rotatable bonds is 4. The fraction of sp³-hybridized carbons (Fsp3) is 0.130. The predicted molar refractivity (Wildman–Crippen MR) is 116 cm³/mol. The third-order valence-electron chi connectivity index (χ3n) is 5.32. The number of pyridine rings is 1. The molecule has 0 saturated carbocycles. The molecule has 0 bridgehead atoms. The summed E-state index contributed by atoms with van der Waals surface area (Å²) in [5.74, 6) is -3.64. The summed E-state index contributed by atoms with van der Waals surface area (Å²) in [5, 5.41) is 5.22. The van der Waals surface area contributed by atoms with Crippen LogP contribution in [-0.4, -0.2) is 29.9 Å². The molecule has 1 aliphatic heterocycles.